The zero-order chi connectivity index (χ0) is 18.3. The summed E-state index contributed by atoms with van der Waals surface area (Å²) in [6.45, 7) is 4.37. The van der Waals surface area contributed by atoms with Crippen LogP contribution >= 0.6 is 11.3 Å². The molecule has 0 radical (unpaired) electrons. The Kier molecular flexibility index (Phi) is 4.12. The molecule has 26 heavy (non-hydrogen) atoms. The molecular weight excluding hydrogens is 349 g/mol. The molecule has 2 heterocycles. The minimum absolute atomic E-state index is 0.304. The van der Waals surface area contributed by atoms with Gasteiger partial charge in [0.15, 0.2) is 4.80 Å². The highest BCUT2D eigenvalue weighted by Gasteiger charge is 2.12. The maximum atomic E-state index is 14.2. The van der Waals surface area contributed by atoms with Gasteiger partial charge in [-0.15, -0.1) is 0 Å². The van der Waals surface area contributed by atoms with Gasteiger partial charge in [0.2, 0.25) is 0 Å². The molecule has 4 nitrogen and oxygen atoms in total. The van der Waals surface area contributed by atoms with Crippen LogP contribution in [0, 0.1) is 12.7 Å². The van der Waals surface area contributed by atoms with Crippen LogP contribution in [0.1, 0.15) is 23.0 Å². The number of carbonyl (C=O) groups is 1. The minimum atomic E-state index is -0.346. The molecule has 0 aliphatic carbocycles. The largest absolute Gasteiger partial charge is 0.314 e. The Balaban J connectivity index is 1.83. The lowest BCUT2D eigenvalue weighted by Crippen LogP contribution is -2.16. The molecule has 0 spiro atoms. The van der Waals surface area contributed by atoms with Crippen molar-refractivity contribution in [3.63, 3.8) is 0 Å². The third kappa shape index (κ3) is 2.82. The molecule has 4 rings (SSSR count). The Morgan fingerprint density at radius 1 is 1.23 bits per heavy atom. The highest BCUT2D eigenvalue weighted by Crippen LogP contribution is 2.21. The standard InChI is InChI=1S/C20H16FN3OS/c1-3-24-18-15(21)5-4-6-17(18)26-20(24)23-19(25)14-9-10-16-13(11-14)8-7-12(2)22-16/h4-11H,3H2,1-2H3. The normalized spacial score (nSPS) is 12.2. The predicted molar refractivity (Wildman–Crippen MR) is 102 cm³/mol. The van der Waals surface area contributed by atoms with Gasteiger partial charge in [-0.25, -0.2) is 4.39 Å². The van der Waals surface area contributed by atoms with E-state index in [-0.39, 0.29) is 11.7 Å². The fraction of sp³-hybridized carbons (Fsp3) is 0.150. The molecule has 2 aromatic carbocycles. The molecule has 0 aliphatic heterocycles. The number of hydrogen-bond donors (Lipinski definition) is 0. The van der Waals surface area contributed by atoms with E-state index in [1.165, 1.54) is 17.4 Å². The SMILES string of the molecule is CCn1c(=NC(=O)c2ccc3nc(C)ccc3c2)sc2cccc(F)c21. The number of nitrogens with zero attached hydrogens (tertiary/aromatic N) is 3. The molecule has 0 N–H and O–H groups in total. The number of pyridine rings is 1. The van der Waals surface area contributed by atoms with Crippen molar-refractivity contribution in [1.29, 1.82) is 0 Å². The Hall–Kier alpha value is -2.86. The summed E-state index contributed by atoms with van der Waals surface area (Å²) in [6, 6.07) is 14.1. The molecule has 6 heteroatoms. The Morgan fingerprint density at radius 2 is 2.08 bits per heavy atom. The maximum absolute atomic E-state index is 14.2. The first-order valence-electron chi connectivity index (χ1n) is 8.31. The lowest BCUT2D eigenvalue weighted by Gasteiger charge is -2.02. The second-order valence-corrected chi connectivity index (χ2v) is 7.00. The fourth-order valence-electron chi connectivity index (χ4n) is 2.98. The van der Waals surface area contributed by atoms with Crippen molar-refractivity contribution in [2.45, 2.75) is 20.4 Å². The molecule has 0 saturated carbocycles. The summed E-state index contributed by atoms with van der Waals surface area (Å²) in [7, 11) is 0. The number of benzene rings is 2. The van der Waals surface area contributed by atoms with E-state index < -0.39 is 0 Å². The first-order chi connectivity index (χ1) is 12.6. The van der Waals surface area contributed by atoms with Crippen LogP contribution < -0.4 is 4.80 Å². The van der Waals surface area contributed by atoms with Gasteiger partial charge in [0.25, 0.3) is 5.91 Å². The van der Waals surface area contributed by atoms with E-state index in [0.29, 0.717) is 22.4 Å². The number of carbonyl (C=O) groups excluding carboxylic acids is 1. The zero-order valence-corrected chi connectivity index (χ0v) is 15.2. The van der Waals surface area contributed by atoms with Gasteiger partial charge in [-0.1, -0.05) is 23.5 Å². The van der Waals surface area contributed by atoms with Crippen molar-refractivity contribution in [3.05, 3.63) is 70.4 Å². The molecule has 1 amide bonds. The molecule has 0 fully saturated rings. The number of hydrogen-bond acceptors (Lipinski definition) is 3. The van der Waals surface area contributed by atoms with Gasteiger partial charge in [0, 0.05) is 23.2 Å². The Labute approximate surface area is 153 Å². The molecule has 0 saturated heterocycles. The highest BCUT2D eigenvalue weighted by atomic mass is 32.1. The number of aryl methyl sites for hydroxylation is 2. The van der Waals surface area contributed by atoms with Gasteiger partial charge in [-0.3, -0.25) is 9.78 Å². The topological polar surface area (TPSA) is 47.2 Å². The number of para-hydroxylation sites is 1. The summed E-state index contributed by atoms with van der Waals surface area (Å²) < 4.78 is 16.7. The number of halogens is 1. The van der Waals surface area contributed by atoms with Crippen LogP contribution in [-0.4, -0.2) is 15.5 Å². The van der Waals surface area contributed by atoms with E-state index in [4.69, 9.17) is 0 Å². The Bertz CT molecular complexity index is 1220. The molecule has 4 aromatic rings. The number of thiazole rings is 1. The minimum Gasteiger partial charge on any atom is -0.314 e. The summed E-state index contributed by atoms with van der Waals surface area (Å²) >= 11 is 1.31. The quantitative estimate of drug-likeness (QED) is 0.526. The number of rotatable bonds is 2. The second-order valence-electron chi connectivity index (χ2n) is 5.99. The summed E-state index contributed by atoms with van der Waals surface area (Å²) in [5.74, 6) is -0.650. The van der Waals surface area contributed by atoms with Gasteiger partial charge in [0.1, 0.15) is 5.82 Å². The number of amides is 1. The van der Waals surface area contributed by atoms with Gasteiger partial charge in [0.05, 0.1) is 15.7 Å². The summed E-state index contributed by atoms with van der Waals surface area (Å²) in [5.41, 5.74) is 2.75. The summed E-state index contributed by atoms with van der Waals surface area (Å²) in [4.78, 5) is 21.9. The fourth-order valence-corrected chi connectivity index (χ4v) is 4.08. The van der Waals surface area contributed by atoms with Crippen LogP contribution in [-0.2, 0) is 6.54 Å². The lowest BCUT2D eigenvalue weighted by atomic mass is 10.1. The monoisotopic (exact) mass is 365 g/mol. The number of aromatic nitrogens is 2. The lowest BCUT2D eigenvalue weighted by molar-refractivity contribution is 0.0998. The van der Waals surface area contributed by atoms with Crippen molar-refractivity contribution >= 4 is 38.4 Å². The van der Waals surface area contributed by atoms with E-state index in [2.05, 4.69) is 9.98 Å². The van der Waals surface area contributed by atoms with Gasteiger partial charge in [-0.05, 0) is 50.2 Å². The molecule has 0 aliphatic rings. The van der Waals surface area contributed by atoms with E-state index in [0.717, 1.165) is 21.3 Å². The van der Waals surface area contributed by atoms with Crippen LogP contribution in [0.15, 0.2) is 53.5 Å². The van der Waals surface area contributed by atoms with Crippen molar-refractivity contribution in [2.24, 2.45) is 4.99 Å². The van der Waals surface area contributed by atoms with Gasteiger partial charge < -0.3 is 4.57 Å². The second kappa shape index (κ2) is 6.46. The van der Waals surface area contributed by atoms with Gasteiger partial charge in [-0.2, -0.15) is 4.99 Å². The van der Waals surface area contributed by atoms with E-state index >= 15 is 0 Å². The van der Waals surface area contributed by atoms with Crippen molar-refractivity contribution < 1.29 is 9.18 Å². The van der Waals surface area contributed by atoms with Crippen molar-refractivity contribution in [3.8, 4) is 0 Å². The van der Waals surface area contributed by atoms with Crippen LogP contribution in [0.25, 0.3) is 21.1 Å². The zero-order valence-electron chi connectivity index (χ0n) is 14.4. The number of fused-ring (bicyclic) bond motifs is 2. The van der Waals surface area contributed by atoms with Crippen molar-refractivity contribution in [2.75, 3.05) is 0 Å². The first kappa shape index (κ1) is 16.6. The maximum Gasteiger partial charge on any atom is 0.279 e. The smallest absolute Gasteiger partial charge is 0.279 e. The molecule has 0 unspecified atom stereocenters. The third-order valence-corrected chi connectivity index (χ3v) is 5.28. The Morgan fingerprint density at radius 3 is 2.88 bits per heavy atom. The molecule has 0 bridgehead atoms. The van der Waals surface area contributed by atoms with E-state index in [1.807, 2.05) is 38.1 Å². The van der Waals surface area contributed by atoms with E-state index in [1.54, 1.807) is 22.8 Å². The van der Waals surface area contributed by atoms with Crippen LogP contribution in [0.3, 0.4) is 0 Å². The molecule has 130 valence electrons. The third-order valence-electron chi connectivity index (χ3n) is 4.24. The average Bonchev–Trinajstić information content (AvgIpc) is 2.99. The highest BCUT2D eigenvalue weighted by molar-refractivity contribution is 7.16. The van der Waals surface area contributed by atoms with E-state index in [9.17, 15) is 9.18 Å². The summed E-state index contributed by atoms with van der Waals surface area (Å²) in [6.07, 6.45) is 0. The predicted octanol–water partition coefficient (Wildman–Crippen LogP) is 4.46. The van der Waals surface area contributed by atoms with Crippen LogP contribution in [0.2, 0.25) is 0 Å². The first-order valence-corrected chi connectivity index (χ1v) is 9.13. The van der Waals surface area contributed by atoms with Crippen molar-refractivity contribution in [1.82, 2.24) is 9.55 Å². The average molecular weight is 365 g/mol. The van der Waals surface area contributed by atoms with Crippen LogP contribution in [0.5, 0.6) is 0 Å². The molecule has 0 atom stereocenters. The molecule has 2 aromatic heterocycles. The van der Waals surface area contributed by atoms with Crippen LogP contribution in [0.4, 0.5) is 4.39 Å². The molecular formula is C20H16FN3OS. The van der Waals surface area contributed by atoms with Gasteiger partial charge >= 0.3 is 0 Å². The summed E-state index contributed by atoms with van der Waals surface area (Å²) in [5, 5.41) is 0.891.